The molecule has 1 rings (SSSR count). The lowest BCUT2D eigenvalue weighted by Gasteiger charge is -2.15. The Morgan fingerprint density at radius 1 is 1.11 bits per heavy atom. The second-order valence-electron chi connectivity index (χ2n) is 6.18. The van der Waals surface area contributed by atoms with E-state index in [4.69, 9.17) is 14.2 Å². The Balaban J connectivity index is 2.81. The van der Waals surface area contributed by atoms with Gasteiger partial charge in [0.1, 0.15) is 12.4 Å². The van der Waals surface area contributed by atoms with E-state index in [1.165, 1.54) is 4.90 Å². The van der Waals surface area contributed by atoms with Crippen molar-refractivity contribution in [3.63, 3.8) is 0 Å². The highest BCUT2D eigenvalue weighted by Crippen LogP contribution is 2.21. The zero-order valence-corrected chi connectivity index (χ0v) is 17.0. The van der Waals surface area contributed by atoms with E-state index in [1.807, 2.05) is 25.1 Å². The van der Waals surface area contributed by atoms with E-state index in [0.29, 0.717) is 38.9 Å². The maximum Gasteiger partial charge on any atom is 0.241 e. The SMILES string of the molecule is COCCNC(=NCc1ccc(C)cc1OCCOC)NCC(=O)N(C)C. The molecule has 0 spiro atoms. The summed E-state index contributed by atoms with van der Waals surface area (Å²) in [5.41, 5.74) is 2.08. The maximum atomic E-state index is 11.8. The third-order valence-electron chi connectivity index (χ3n) is 3.68. The Hall–Kier alpha value is -2.32. The van der Waals surface area contributed by atoms with Crippen LogP contribution in [0.1, 0.15) is 11.1 Å². The normalized spacial score (nSPS) is 11.2. The van der Waals surface area contributed by atoms with E-state index in [-0.39, 0.29) is 12.5 Å². The highest BCUT2D eigenvalue weighted by atomic mass is 16.5. The number of aliphatic imine (C=N–C) groups is 1. The molecular weight excluding hydrogens is 348 g/mol. The van der Waals surface area contributed by atoms with Crippen molar-refractivity contribution in [2.75, 3.05) is 61.2 Å². The first-order valence-corrected chi connectivity index (χ1v) is 8.90. The first-order valence-electron chi connectivity index (χ1n) is 8.90. The summed E-state index contributed by atoms with van der Waals surface area (Å²) in [4.78, 5) is 17.9. The van der Waals surface area contributed by atoms with E-state index in [9.17, 15) is 4.79 Å². The minimum Gasteiger partial charge on any atom is -0.491 e. The molecule has 0 heterocycles. The number of ether oxygens (including phenoxy) is 3. The van der Waals surface area contributed by atoms with Gasteiger partial charge in [0.2, 0.25) is 5.91 Å². The van der Waals surface area contributed by atoms with E-state index in [1.54, 1.807) is 28.3 Å². The third-order valence-corrected chi connectivity index (χ3v) is 3.68. The molecule has 0 aromatic heterocycles. The average molecular weight is 380 g/mol. The lowest BCUT2D eigenvalue weighted by Crippen LogP contribution is -2.43. The summed E-state index contributed by atoms with van der Waals surface area (Å²) in [5.74, 6) is 1.30. The summed E-state index contributed by atoms with van der Waals surface area (Å²) < 4.78 is 15.9. The minimum atomic E-state index is -0.0323. The first-order chi connectivity index (χ1) is 13.0. The molecule has 0 aliphatic carbocycles. The highest BCUT2D eigenvalue weighted by molar-refractivity contribution is 5.86. The number of nitrogens with zero attached hydrogens (tertiary/aromatic N) is 2. The number of aryl methyl sites for hydroxylation is 1. The van der Waals surface area contributed by atoms with Crippen molar-refractivity contribution in [2.24, 2.45) is 4.99 Å². The van der Waals surface area contributed by atoms with Gasteiger partial charge < -0.3 is 29.7 Å². The fraction of sp³-hybridized carbons (Fsp3) is 0.579. The summed E-state index contributed by atoms with van der Waals surface area (Å²) in [7, 11) is 6.71. The van der Waals surface area contributed by atoms with Crippen LogP contribution in [0.15, 0.2) is 23.2 Å². The van der Waals surface area contributed by atoms with Crippen LogP contribution >= 0.6 is 0 Å². The van der Waals surface area contributed by atoms with Gasteiger partial charge in [-0.1, -0.05) is 12.1 Å². The standard InChI is InChI=1S/C19H32N4O4/c1-15-6-7-16(17(12-15)27-11-10-26-5)13-21-19(20-8-9-25-4)22-14-18(24)23(2)3/h6-7,12H,8-11,13-14H2,1-5H3,(H2,20,21,22). The number of rotatable bonds is 11. The molecule has 0 fully saturated rings. The van der Waals surface area contributed by atoms with Crippen molar-refractivity contribution >= 4 is 11.9 Å². The maximum absolute atomic E-state index is 11.8. The van der Waals surface area contributed by atoms with Crippen LogP contribution in [0.2, 0.25) is 0 Å². The Kier molecular flexibility index (Phi) is 10.9. The molecule has 1 aromatic rings. The topological polar surface area (TPSA) is 84.4 Å². The van der Waals surface area contributed by atoms with Crippen molar-refractivity contribution < 1.29 is 19.0 Å². The largest absolute Gasteiger partial charge is 0.491 e. The van der Waals surface area contributed by atoms with Crippen LogP contribution in [-0.4, -0.2) is 78.0 Å². The number of nitrogens with one attached hydrogen (secondary N) is 2. The summed E-state index contributed by atoms with van der Waals surface area (Å²) >= 11 is 0. The number of amides is 1. The number of methoxy groups -OCH3 is 2. The molecule has 8 nitrogen and oxygen atoms in total. The summed E-state index contributed by atoms with van der Waals surface area (Å²) in [5, 5.41) is 6.20. The van der Waals surface area contributed by atoms with E-state index < -0.39 is 0 Å². The molecule has 27 heavy (non-hydrogen) atoms. The number of benzene rings is 1. The molecule has 0 radical (unpaired) electrons. The van der Waals surface area contributed by atoms with Crippen molar-refractivity contribution in [3.05, 3.63) is 29.3 Å². The van der Waals surface area contributed by atoms with Crippen molar-refractivity contribution in [2.45, 2.75) is 13.5 Å². The van der Waals surface area contributed by atoms with Gasteiger partial charge in [0.15, 0.2) is 5.96 Å². The summed E-state index contributed by atoms with van der Waals surface area (Å²) in [6, 6.07) is 6.01. The van der Waals surface area contributed by atoms with Gasteiger partial charge in [-0.25, -0.2) is 4.99 Å². The van der Waals surface area contributed by atoms with Gasteiger partial charge in [-0.3, -0.25) is 4.79 Å². The average Bonchev–Trinajstić information content (AvgIpc) is 2.64. The fourth-order valence-corrected chi connectivity index (χ4v) is 2.09. The Morgan fingerprint density at radius 3 is 2.52 bits per heavy atom. The molecule has 0 saturated heterocycles. The summed E-state index contributed by atoms with van der Waals surface area (Å²) in [6.45, 7) is 4.72. The second kappa shape index (κ2) is 12.9. The zero-order chi connectivity index (χ0) is 20.1. The molecular formula is C19H32N4O4. The molecule has 0 bridgehead atoms. The van der Waals surface area contributed by atoms with Gasteiger partial charge in [0.05, 0.1) is 26.3 Å². The number of likely N-dealkylation sites (N-methyl/N-ethyl adjacent to an activating group) is 1. The van der Waals surface area contributed by atoms with Gasteiger partial charge in [0, 0.05) is 40.4 Å². The molecule has 2 N–H and O–H groups in total. The minimum absolute atomic E-state index is 0.0323. The van der Waals surface area contributed by atoms with E-state index in [0.717, 1.165) is 16.9 Å². The number of carbonyl (C=O) groups is 1. The van der Waals surface area contributed by atoms with Crippen LogP contribution in [0.4, 0.5) is 0 Å². The molecule has 8 heteroatoms. The molecule has 0 aliphatic heterocycles. The van der Waals surface area contributed by atoms with Crippen molar-refractivity contribution in [3.8, 4) is 5.75 Å². The lowest BCUT2D eigenvalue weighted by atomic mass is 10.1. The number of hydrogen-bond acceptors (Lipinski definition) is 5. The van der Waals surface area contributed by atoms with Crippen molar-refractivity contribution in [1.82, 2.24) is 15.5 Å². The van der Waals surface area contributed by atoms with Crippen LogP contribution in [0.25, 0.3) is 0 Å². The van der Waals surface area contributed by atoms with Crippen LogP contribution in [0, 0.1) is 6.92 Å². The molecule has 0 aliphatic rings. The van der Waals surface area contributed by atoms with Gasteiger partial charge in [-0.2, -0.15) is 0 Å². The summed E-state index contributed by atoms with van der Waals surface area (Å²) in [6.07, 6.45) is 0. The van der Waals surface area contributed by atoms with Crippen molar-refractivity contribution in [1.29, 1.82) is 0 Å². The molecule has 1 amide bonds. The van der Waals surface area contributed by atoms with Gasteiger partial charge >= 0.3 is 0 Å². The quantitative estimate of drug-likeness (QED) is 0.335. The molecule has 0 atom stereocenters. The smallest absolute Gasteiger partial charge is 0.241 e. The second-order valence-corrected chi connectivity index (χ2v) is 6.18. The molecule has 0 unspecified atom stereocenters. The van der Waals surface area contributed by atoms with E-state index in [2.05, 4.69) is 15.6 Å². The predicted octanol–water partition coefficient (Wildman–Crippen LogP) is 0.790. The zero-order valence-electron chi connectivity index (χ0n) is 17.0. The predicted molar refractivity (Wildman–Crippen MR) is 106 cm³/mol. The Bertz CT molecular complexity index is 605. The van der Waals surface area contributed by atoms with Crippen LogP contribution in [-0.2, 0) is 20.8 Å². The highest BCUT2D eigenvalue weighted by Gasteiger charge is 2.08. The van der Waals surface area contributed by atoms with Gasteiger partial charge in [-0.05, 0) is 18.6 Å². The van der Waals surface area contributed by atoms with Gasteiger partial charge in [-0.15, -0.1) is 0 Å². The molecule has 152 valence electrons. The van der Waals surface area contributed by atoms with Crippen LogP contribution in [0.5, 0.6) is 5.75 Å². The third kappa shape index (κ3) is 9.25. The first kappa shape index (κ1) is 22.7. The number of hydrogen-bond donors (Lipinski definition) is 2. The number of carbonyl (C=O) groups excluding carboxylic acids is 1. The Labute approximate surface area is 161 Å². The lowest BCUT2D eigenvalue weighted by molar-refractivity contribution is -0.127. The van der Waals surface area contributed by atoms with E-state index >= 15 is 0 Å². The van der Waals surface area contributed by atoms with Gasteiger partial charge in [0.25, 0.3) is 0 Å². The Morgan fingerprint density at radius 2 is 1.85 bits per heavy atom. The molecule has 1 aromatic carbocycles. The fourth-order valence-electron chi connectivity index (χ4n) is 2.09. The van der Waals surface area contributed by atoms with Crippen LogP contribution < -0.4 is 15.4 Å². The monoisotopic (exact) mass is 380 g/mol. The van der Waals surface area contributed by atoms with Crippen LogP contribution in [0.3, 0.4) is 0 Å². The number of guanidine groups is 1. The molecule has 0 saturated carbocycles.